The van der Waals surface area contributed by atoms with Gasteiger partial charge in [-0.1, -0.05) is 0 Å². The molecule has 0 bridgehead atoms. The second-order valence-corrected chi connectivity index (χ2v) is 5.10. The molecule has 1 fully saturated rings. The second-order valence-electron chi connectivity index (χ2n) is 5.10. The molecule has 0 spiro atoms. The van der Waals surface area contributed by atoms with Crippen molar-refractivity contribution in [3.8, 4) is 5.88 Å². The number of piperazine rings is 1. The number of aromatic nitrogens is 1. The van der Waals surface area contributed by atoms with Crippen LogP contribution in [-0.2, 0) is 0 Å². The molecule has 0 saturated carbocycles. The van der Waals surface area contributed by atoms with Gasteiger partial charge in [0, 0.05) is 31.4 Å². The van der Waals surface area contributed by atoms with Crippen molar-refractivity contribution < 1.29 is 9.53 Å². The van der Waals surface area contributed by atoms with E-state index in [1.165, 1.54) is 7.11 Å². The molecule has 0 aliphatic carbocycles. The summed E-state index contributed by atoms with van der Waals surface area (Å²) in [5, 5.41) is 3.38. The molecule has 5 heteroatoms. The molecule has 5 nitrogen and oxygen atoms in total. The standard InChI is InChI=1S/C13H19N3O2/c1-13(2)9-16(8-7-15-13)12(17)10-5-4-6-14-11(10)18-3/h4-6,15H,7-9H2,1-3H3. The van der Waals surface area contributed by atoms with Gasteiger partial charge in [0.25, 0.3) is 5.91 Å². The molecule has 0 radical (unpaired) electrons. The molecule has 1 aromatic heterocycles. The highest BCUT2D eigenvalue weighted by atomic mass is 16.5. The number of nitrogens with one attached hydrogen (secondary N) is 1. The average molecular weight is 249 g/mol. The fraction of sp³-hybridized carbons (Fsp3) is 0.538. The van der Waals surface area contributed by atoms with Gasteiger partial charge in [-0.15, -0.1) is 0 Å². The molecular formula is C13H19N3O2. The molecule has 0 atom stereocenters. The molecule has 1 aliphatic heterocycles. The summed E-state index contributed by atoms with van der Waals surface area (Å²) >= 11 is 0. The van der Waals surface area contributed by atoms with Gasteiger partial charge in [-0.25, -0.2) is 4.98 Å². The third-order valence-electron chi connectivity index (χ3n) is 3.05. The quantitative estimate of drug-likeness (QED) is 0.846. The number of hydrogen-bond acceptors (Lipinski definition) is 4. The summed E-state index contributed by atoms with van der Waals surface area (Å²) in [4.78, 5) is 18.4. The Labute approximate surface area is 107 Å². The van der Waals surface area contributed by atoms with Crippen LogP contribution in [0.4, 0.5) is 0 Å². The summed E-state index contributed by atoms with van der Waals surface area (Å²) in [5.41, 5.74) is 0.473. The van der Waals surface area contributed by atoms with Gasteiger partial charge in [-0.2, -0.15) is 0 Å². The van der Waals surface area contributed by atoms with Crippen LogP contribution in [0, 0.1) is 0 Å². The van der Waals surface area contributed by atoms with Crippen LogP contribution >= 0.6 is 0 Å². The third-order valence-corrected chi connectivity index (χ3v) is 3.05. The van der Waals surface area contributed by atoms with E-state index in [-0.39, 0.29) is 11.4 Å². The first kappa shape index (κ1) is 12.8. The van der Waals surface area contributed by atoms with Gasteiger partial charge in [0.15, 0.2) is 0 Å². The van der Waals surface area contributed by atoms with E-state index in [0.29, 0.717) is 24.5 Å². The Kier molecular flexibility index (Phi) is 3.52. The van der Waals surface area contributed by atoms with Gasteiger partial charge < -0.3 is 15.0 Å². The number of carbonyl (C=O) groups excluding carboxylic acids is 1. The van der Waals surface area contributed by atoms with E-state index in [1.54, 1.807) is 18.3 Å². The van der Waals surface area contributed by atoms with Crippen LogP contribution < -0.4 is 10.1 Å². The van der Waals surface area contributed by atoms with Crippen LogP contribution in [0.3, 0.4) is 0 Å². The van der Waals surface area contributed by atoms with Crippen molar-refractivity contribution in [1.29, 1.82) is 0 Å². The summed E-state index contributed by atoms with van der Waals surface area (Å²) in [7, 11) is 1.53. The van der Waals surface area contributed by atoms with E-state index in [0.717, 1.165) is 6.54 Å². The smallest absolute Gasteiger partial charge is 0.259 e. The Morgan fingerprint density at radius 1 is 1.56 bits per heavy atom. The second kappa shape index (κ2) is 4.94. The molecule has 2 heterocycles. The number of ether oxygens (including phenoxy) is 1. The summed E-state index contributed by atoms with van der Waals surface area (Å²) in [6.45, 7) is 6.38. The first-order chi connectivity index (χ1) is 8.53. The van der Waals surface area contributed by atoms with Gasteiger partial charge in [0.05, 0.1) is 7.11 Å². The van der Waals surface area contributed by atoms with Crippen molar-refractivity contribution in [3.05, 3.63) is 23.9 Å². The van der Waals surface area contributed by atoms with E-state index in [2.05, 4.69) is 24.1 Å². The lowest BCUT2D eigenvalue weighted by atomic mass is 10.0. The minimum Gasteiger partial charge on any atom is -0.480 e. The number of nitrogens with zero attached hydrogens (tertiary/aromatic N) is 2. The van der Waals surface area contributed by atoms with Crippen molar-refractivity contribution in [2.24, 2.45) is 0 Å². The minimum absolute atomic E-state index is 0.0190. The van der Waals surface area contributed by atoms with E-state index in [1.807, 2.05) is 4.90 Å². The normalized spacial score (nSPS) is 18.5. The lowest BCUT2D eigenvalue weighted by Gasteiger charge is -2.39. The van der Waals surface area contributed by atoms with Gasteiger partial charge in [-0.05, 0) is 26.0 Å². The van der Waals surface area contributed by atoms with Crippen molar-refractivity contribution in [2.75, 3.05) is 26.7 Å². The van der Waals surface area contributed by atoms with Gasteiger partial charge in [0.2, 0.25) is 5.88 Å². The first-order valence-corrected chi connectivity index (χ1v) is 6.07. The Balaban J connectivity index is 2.20. The number of pyridine rings is 1. The SMILES string of the molecule is COc1ncccc1C(=O)N1CCNC(C)(C)C1. The monoisotopic (exact) mass is 249 g/mol. The molecule has 1 saturated heterocycles. The molecule has 98 valence electrons. The maximum atomic E-state index is 12.4. The maximum Gasteiger partial charge on any atom is 0.259 e. The fourth-order valence-electron chi connectivity index (χ4n) is 2.20. The molecule has 2 rings (SSSR count). The zero-order chi connectivity index (χ0) is 13.2. The summed E-state index contributed by atoms with van der Waals surface area (Å²) in [5.74, 6) is 0.369. The Morgan fingerprint density at radius 2 is 2.33 bits per heavy atom. The topological polar surface area (TPSA) is 54.5 Å². The lowest BCUT2D eigenvalue weighted by molar-refractivity contribution is 0.0648. The zero-order valence-corrected chi connectivity index (χ0v) is 11.1. The maximum absolute atomic E-state index is 12.4. The van der Waals surface area contributed by atoms with Gasteiger partial charge >= 0.3 is 0 Å². The fourth-order valence-corrected chi connectivity index (χ4v) is 2.20. The lowest BCUT2D eigenvalue weighted by Crippen LogP contribution is -2.58. The van der Waals surface area contributed by atoms with E-state index in [4.69, 9.17) is 4.74 Å². The highest BCUT2D eigenvalue weighted by Crippen LogP contribution is 2.19. The molecule has 1 aliphatic rings. The summed E-state index contributed by atoms with van der Waals surface area (Å²) in [6, 6.07) is 3.51. The number of rotatable bonds is 2. The van der Waals surface area contributed by atoms with Crippen molar-refractivity contribution in [3.63, 3.8) is 0 Å². The Morgan fingerprint density at radius 3 is 3.00 bits per heavy atom. The highest BCUT2D eigenvalue weighted by Gasteiger charge is 2.30. The zero-order valence-electron chi connectivity index (χ0n) is 11.1. The number of carbonyl (C=O) groups is 1. The van der Waals surface area contributed by atoms with Crippen LogP contribution in [0.2, 0.25) is 0 Å². The van der Waals surface area contributed by atoms with Gasteiger partial charge in [0.1, 0.15) is 5.56 Å². The summed E-state index contributed by atoms with van der Waals surface area (Å²) in [6.07, 6.45) is 1.62. The molecule has 1 amide bonds. The first-order valence-electron chi connectivity index (χ1n) is 6.07. The van der Waals surface area contributed by atoms with Crippen molar-refractivity contribution in [2.45, 2.75) is 19.4 Å². The molecule has 1 aromatic rings. The van der Waals surface area contributed by atoms with Crippen molar-refractivity contribution >= 4 is 5.91 Å². The van der Waals surface area contributed by atoms with E-state index < -0.39 is 0 Å². The van der Waals surface area contributed by atoms with Crippen LogP contribution in [0.25, 0.3) is 0 Å². The largest absolute Gasteiger partial charge is 0.480 e. The van der Waals surface area contributed by atoms with Crippen molar-refractivity contribution in [1.82, 2.24) is 15.2 Å². The molecule has 0 aromatic carbocycles. The molecule has 18 heavy (non-hydrogen) atoms. The predicted octanol–water partition coefficient (Wildman–Crippen LogP) is 0.914. The number of methoxy groups -OCH3 is 1. The summed E-state index contributed by atoms with van der Waals surface area (Å²) < 4.78 is 5.14. The van der Waals surface area contributed by atoms with Crippen LogP contribution in [0.1, 0.15) is 24.2 Å². The van der Waals surface area contributed by atoms with E-state index in [9.17, 15) is 4.79 Å². The molecule has 1 N–H and O–H groups in total. The van der Waals surface area contributed by atoms with Crippen LogP contribution in [0.5, 0.6) is 5.88 Å². The van der Waals surface area contributed by atoms with Crippen LogP contribution in [-0.4, -0.2) is 48.1 Å². The highest BCUT2D eigenvalue weighted by molar-refractivity contribution is 5.96. The number of hydrogen-bond donors (Lipinski definition) is 1. The Bertz CT molecular complexity index is 446. The third kappa shape index (κ3) is 2.61. The Hall–Kier alpha value is -1.62. The van der Waals surface area contributed by atoms with Gasteiger partial charge in [-0.3, -0.25) is 4.79 Å². The molecule has 0 unspecified atom stereocenters. The minimum atomic E-state index is -0.0522. The van der Waals surface area contributed by atoms with Crippen LogP contribution in [0.15, 0.2) is 18.3 Å². The molecular weight excluding hydrogens is 230 g/mol. The number of amides is 1. The average Bonchev–Trinajstić information content (AvgIpc) is 2.36. The van der Waals surface area contributed by atoms with E-state index >= 15 is 0 Å². The predicted molar refractivity (Wildman–Crippen MR) is 68.8 cm³/mol.